The van der Waals surface area contributed by atoms with Crippen molar-refractivity contribution < 1.29 is 4.79 Å². The molecule has 0 aliphatic carbocycles. The van der Waals surface area contributed by atoms with Crippen molar-refractivity contribution in [2.75, 3.05) is 5.32 Å². The van der Waals surface area contributed by atoms with Crippen molar-refractivity contribution in [3.8, 4) is 0 Å². The Bertz CT molecular complexity index is 1320. The SMILES string of the molecule is O=C(Cc1cn(Cc2ccc(Cl)cc2)c2ccccc12)Nc1nc2ccccc2s1. The van der Waals surface area contributed by atoms with Crippen LogP contribution in [-0.2, 0) is 17.8 Å². The first kappa shape index (κ1) is 18.9. The molecule has 1 N–H and O–H groups in total. The Kier molecular flexibility index (Phi) is 4.99. The van der Waals surface area contributed by atoms with Crippen LogP contribution in [0.5, 0.6) is 0 Å². The highest BCUT2D eigenvalue weighted by Gasteiger charge is 2.14. The van der Waals surface area contributed by atoms with Crippen LogP contribution in [0.2, 0.25) is 5.02 Å². The number of benzene rings is 3. The average Bonchev–Trinajstić information content (AvgIpc) is 3.31. The molecule has 0 unspecified atom stereocenters. The van der Waals surface area contributed by atoms with E-state index in [1.807, 2.05) is 60.7 Å². The number of para-hydroxylation sites is 2. The van der Waals surface area contributed by atoms with Crippen molar-refractivity contribution in [2.24, 2.45) is 0 Å². The van der Waals surface area contributed by atoms with E-state index in [0.717, 1.165) is 43.8 Å². The maximum absolute atomic E-state index is 12.7. The molecule has 30 heavy (non-hydrogen) atoms. The minimum Gasteiger partial charge on any atom is -0.343 e. The Morgan fingerprint density at radius 1 is 1.00 bits per heavy atom. The van der Waals surface area contributed by atoms with Crippen molar-refractivity contribution in [3.05, 3.63) is 95.1 Å². The molecule has 2 heterocycles. The number of amides is 1. The minimum atomic E-state index is -0.0662. The van der Waals surface area contributed by atoms with E-state index in [2.05, 4.69) is 33.2 Å². The van der Waals surface area contributed by atoms with Crippen LogP contribution in [0.1, 0.15) is 11.1 Å². The van der Waals surface area contributed by atoms with E-state index in [-0.39, 0.29) is 5.91 Å². The Hall–Kier alpha value is -3.15. The van der Waals surface area contributed by atoms with Crippen LogP contribution in [0.4, 0.5) is 5.13 Å². The Balaban J connectivity index is 1.39. The molecule has 4 nitrogen and oxygen atoms in total. The minimum absolute atomic E-state index is 0.0662. The number of carbonyl (C=O) groups excluding carboxylic acids is 1. The predicted octanol–water partition coefficient (Wildman–Crippen LogP) is 6.13. The summed E-state index contributed by atoms with van der Waals surface area (Å²) in [4.78, 5) is 17.2. The van der Waals surface area contributed by atoms with E-state index in [9.17, 15) is 4.79 Å². The molecular formula is C24H18ClN3OS. The fourth-order valence-electron chi connectivity index (χ4n) is 3.64. The summed E-state index contributed by atoms with van der Waals surface area (Å²) >= 11 is 7.50. The van der Waals surface area contributed by atoms with Gasteiger partial charge in [-0.25, -0.2) is 4.98 Å². The molecule has 0 radical (unpaired) electrons. The molecule has 2 aromatic heterocycles. The molecule has 1 amide bonds. The Morgan fingerprint density at radius 2 is 1.77 bits per heavy atom. The highest BCUT2D eigenvalue weighted by molar-refractivity contribution is 7.22. The molecule has 148 valence electrons. The van der Waals surface area contributed by atoms with E-state index < -0.39 is 0 Å². The Labute approximate surface area is 182 Å². The third-order valence-corrected chi connectivity index (χ3v) is 6.23. The van der Waals surface area contributed by atoms with Crippen LogP contribution in [-0.4, -0.2) is 15.5 Å². The third kappa shape index (κ3) is 3.82. The van der Waals surface area contributed by atoms with Crippen LogP contribution in [0.3, 0.4) is 0 Å². The number of halogens is 1. The lowest BCUT2D eigenvalue weighted by Gasteiger charge is -2.05. The number of nitrogens with one attached hydrogen (secondary N) is 1. The molecule has 0 spiro atoms. The summed E-state index contributed by atoms with van der Waals surface area (Å²) in [6, 6.07) is 23.9. The van der Waals surface area contributed by atoms with E-state index >= 15 is 0 Å². The number of anilines is 1. The number of carbonyl (C=O) groups is 1. The average molecular weight is 432 g/mol. The van der Waals surface area contributed by atoms with Crippen LogP contribution in [0, 0.1) is 0 Å². The summed E-state index contributed by atoms with van der Waals surface area (Å²) in [6.07, 6.45) is 2.36. The molecule has 0 saturated carbocycles. The summed E-state index contributed by atoms with van der Waals surface area (Å²) < 4.78 is 3.24. The van der Waals surface area contributed by atoms with Gasteiger partial charge in [-0.05, 0) is 41.5 Å². The molecule has 5 aromatic rings. The Morgan fingerprint density at radius 3 is 2.60 bits per heavy atom. The maximum atomic E-state index is 12.7. The van der Waals surface area contributed by atoms with E-state index in [1.165, 1.54) is 11.3 Å². The van der Waals surface area contributed by atoms with Crippen molar-refractivity contribution in [2.45, 2.75) is 13.0 Å². The topological polar surface area (TPSA) is 46.9 Å². The highest BCUT2D eigenvalue weighted by Crippen LogP contribution is 2.27. The van der Waals surface area contributed by atoms with Gasteiger partial charge in [-0.2, -0.15) is 0 Å². The van der Waals surface area contributed by atoms with Crippen molar-refractivity contribution in [3.63, 3.8) is 0 Å². The van der Waals surface area contributed by atoms with Gasteiger partial charge in [0.15, 0.2) is 5.13 Å². The van der Waals surface area contributed by atoms with Crippen LogP contribution < -0.4 is 5.32 Å². The smallest absolute Gasteiger partial charge is 0.230 e. The number of aromatic nitrogens is 2. The second kappa shape index (κ2) is 7.94. The molecule has 0 atom stereocenters. The van der Waals surface area contributed by atoms with Crippen LogP contribution >= 0.6 is 22.9 Å². The number of rotatable bonds is 5. The lowest BCUT2D eigenvalue weighted by atomic mass is 10.1. The normalized spacial score (nSPS) is 11.2. The quantitative estimate of drug-likeness (QED) is 0.363. The first-order valence-electron chi connectivity index (χ1n) is 9.62. The van der Waals surface area contributed by atoms with Gasteiger partial charge in [0.25, 0.3) is 0 Å². The summed E-state index contributed by atoms with van der Waals surface area (Å²) in [6.45, 7) is 0.719. The van der Waals surface area contributed by atoms with Gasteiger partial charge in [0.1, 0.15) is 0 Å². The molecule has 0 aliphatic heterocycles. The summed E-state index contributed by atoms with van der Waals surface area (Å²) in [5.41, 5.74) is 4.16. The summed E-state index contributed by atoms with van der Waals surface area (Å²) in [5, 5.41) is 5.40. The van der Waals surface area contributed by atoms with Crippen molar-refractivity contribution in [1.29, 1.82) is 0 Å². The van der Waals surface area contributed by atoms with Gasteiger partial charge >= 0.3 is 0 Å². The monoisotopic (exact) mass is 431 g/mol. The van der Waals surface area contributed by atoms with Crippen LogP contribution in [0.25, 0.3) is 21.1 Å². The zero-order valence-electron chi connectivity index (χ0n) is 16.0. The second-order valence-electron chi connectivity index (χ2n) is 7.14. The number of fused-ring (bicyclic) bond motifs is 2. The largest absolute Gasteiger partial charge is 0.343 e. The predicted molar refractivity (Wildman–Crippen MR) is 124 cm³/mol. The number of nitrogens with zero attached hydrogens (tertiary/aromatic N) is 2. The van der Waals surface area contributed by atoms with Gasteiger partial charge in [-0.15, -0.1) is 0 Å². The standard InChI is InChI=1S/C24H18ClN3OS/c25-18-11-9-16(10-12-18)14-28-15-17(19-5-1-3-7-21(19)28)13-23(29)27-24-26-20-6-2-4-8-22(20)30-24/h1-12,15H,13-14H2,(H,26,27,29). The molecule has 0 saturated heterocycles. The fraction of sp³-hybridized carbons (Fsp3) is 0.0833. The van der Waals surface area contributed by atoms with Crippen LogP contribution in [0.15, 0.2) is 79.0 Å². The maximum Gasteiger partial charge on any atom is 0.230 e. The van der Waals surface area contributed by atoms with Gasteiger partial charge in [-0.3, -0.25) is 4.79 Å². The van der Waals surface area contributed by atoms with Gasteiger partial charge in [-0.1, -0.05) is 65.4 Å². The first-order chi connectivity index (χ1) is 14.7. The number of hydrogen-bond acceptors (Lipinski definition) is 3. The zero-order chi connectivity index (χ0) is 20.5. The molecule has 0 aliphatic rings. The third-order valence-electron chi connectivity index (χ3n) is 5.03. The highest BCUT2D eigenvalue weighted by atomic mass is 35.5. The van der Waals surface area contributed by atoms with Crippen molar-refractivity contribution in [1.82, 2.24) is 9.55 Å². The summed E-state index contributed by atoms with van der Waals surface area (Å²) in [5.74, 6) is -0.0662. The van der Waals surface area contributed by atoms with Gasteiger partial charge in [0, 0.05) is 28.7 Å². The number of hydrogen-bond donors (Lipinski definition) is 1. The fourth-order valence-corrected chi connectivity index (χ4v) is 4.65. The van der Waals surface area contributed by atoms with Gasteiger partial charge < -0.3 is 9.88 Å². The number of thiazole rings is 1. The van der Waals surface area contributed by atoms with Crippen molar-refractivity contribution >= 4 is 55.1 Å². The zero-order valence-corrected chi connectivity index (χ0v) is 17.6. The van der Waals surface area contributed by atoms with Gasteiger partial charge in [0.2, 0.25) is 5.91 Å². The molecule has 3 aromatic carbocycles. The van der Waals surface area contributed by atoms with Gasteiger partial charge in [0.05, 0.1) is 16.6 Å². The van der Waals surface area contributed by atoms with E-state index in [0.29, 0.717) is 11.6 Å². The van der Waals surface area contributed by atoms with E-state index in [1.54, 1.807) is 0 Å². The molecule has 6 heteroatoms. The molecule has 0 fully saturated rings. The first-order valence-corrected chi connectivity index (χ1v) is 10.8. The lowest BCUT2D eigenvalue weighted by molar-refractivity contribution is -0.115. The molecule has 0 bridgehead atoms. The molecule has 5 rings (SSSR count). The summed E-state index contributed by atoms with van der Waals surface area (Å²) in [7, 11) is 0. The molecular weight excluding hydrogens is 414 g/mol. The lowest BCUT2D eigenvalue weighted by Crippen LogP contribution is -2.14. The second-order valence-corrected chi connectivity index (χ2v) is 8.60. The van der Waals surface area contributed by atoms with E-state index in [4.69, 9.17) is 11.6 Å².